The number of carbonyl (C=O) groups is 3. The van der Waals surface area contributed by atoms with Gasteiger partial charge in [-0.25, -0.2) is 9.59 Å². The predicted molar refractivity (Wildman–Crippen MR) is 159 cm³/mol. The first kappa shape index (κ1) is 34.2. The number of hydrogen-bond acceptors (Lipinski definition) is 6. The molecule has 10 nitrogen and oxygen atoms in total. The SMILES string of the molecule is CC(Cc1ccc(NC(=O)Nc2ccc(OC(F)(F)F)cc2)cc1)NC(=O)/N=C1\SCC(=O)N1c1cc(Cl)ccc1OC(F)(F)F. The number of nitrogens with zero attached hydrogens (tertiary/aromatic N) is 2. The number of halogens is 7. The summed E-state index contributed by atoms with van der Waals surface area (Å²) in [4.78, 5) is 42.2. The first-order chi connectivity index (χ1) is 21.5. The minimum absolute atomic E-state index is 0.0293. The third-order valence-corrected chi connectivity index (χ3v) is 6.98. The van der Waals surface area contributed by atoms with Gasteiger partial charge in [0.1, 0.15) is 5.75 Å². The van der Waals surface area contributed by atoms with Gasteiger partial charge in [0.2, 0.25) is 5.91 Å². The molecule has 1 aliphatic rings. The number of urea groups is 2. The molecule has 5 amide bonds. The monoisotopic (exact) mass is 689 g/mol. The van der Waals surface area contributed by atoms with E-state index < -0.39 is 48.2 Å². The Morgan fingerprint density at radius 1 is 0.935 bits per heavy atom. The topological polar surface area (TPSA) is 121 Å². The Morgan fingerprint density at radius 3 is 2.11 bits per heavy atom. The van der Waals surface area contributed by atoms with Gasteiger partial charge in [-0.2, -0.15) is 4.99 Å². The molecule has 18 heteroatoms. The lowest BCUT2D eigenvalue weighted by molar-refractivity contribution is -0.275. The maximum Gasteiger partial charge on any atom is 0.573 e. The number of carbonyl (C=O) groups excluding carboxylic acids is 3. The predicted octanol–water partition coefficient (Wildman–Crippen LogP) is 7.56. The number of alkyl halides is 6. The number of hydrogen-bond donors (Lipinski definition) is 3. The molecular weight excluding hydrogens is 668 g/mol. The zero-order chi connectivity index (χ0) is 33.6. The molecule has 0 aliphatic carbocycles. The molecule has 0 saturated carbocycles. The fraction of sp³-hybridized carbons (Fsp3) is 0.214. The van der Waals surface area contributed by atoms with Gasteiger partial charge >= 0.3 is 24.8 Å². The van der Waals surface area contributed by atoms with Crippen molar-refractivity contribution in [1.82, 2.24) is 5.32 Å². The van der Waals surface area contributed by atoms with Crippen molar-refractivity contribution >= 4 is 63.6 Å². The molecule has 0 radical (unpaired) electrons. The number of aliphatic imine (C=N–C) groups is 1. The summed E-state index contributed by atoms with van der Waals surface area (Å²) < 4.78 is 83.5. The fourth-order valence-electron chi connectivity index (χ4n) is 4.05. The summed E-state index contributed by atoms with van der Waals surface area (Å²) in [7, 11) is 0. The van der Waals surface area contributed by atoms with E-state index in [1.807, 2.05) is 0 Å². The van der Waals surface area contributed by atoms with Gasteiger partial charge in [0.15, 0.2) is 10.9 Å². The van der Waals surface area contributed by atoms with E-state index in [4.69, 9.17) is 11.6 Å². The number of amidine groups is 1. The first-order valence-corrected chi connectivity index (χ1v) is 14.3. The van der Waals surface area contributed by atoms with Crippen LogP contribution >= 0.6 is 23.4 Å². The van der Waals surface area contributed by atoms with E-state index in [1.165, 1.54) is 12.1 Å². The molecule has 1 unspecified atom stereocenters. The van der Waals surface area contributed by atoms with Crippen molar-refractivity contribution in [3.8, 4) is 11.5 Å². The number of anilines is 3. The van der Waals surface area contributed by atoms with Crippen LogP contribution in [0.25, 0.3) is 0 Å². The second-order valence-corrected chi connectivity index (χ2v) is 10.9. The molecule has 1 aliphatic heterocycles. The first-order valence-electron chi connectivity index (χ1n) is 13.0. The Bertz CT molecular complexity index is 1620. The van der Waals surface area contributed by atoms with Crippen molar-refractivity contribution in [3.05, 3.63) is 77.3 Å². The van der Waals surface area contributed by atoms with Crippen LogP contribution in [0.15, 0.2) is 71.7 Å². The van der Waals surface area contributed by atoms with Crippen molar-refractivity contribution < 1.29 is 50.2 Å². The molecular formula is C28H22ClF6N5O5S. The molecule has 244 valence electrons. The van der Waals surface area contributed by atoms with Crippen molar-refractivity contribution in [2.75, 3.05) is 21.3 Å². The summed E-state index contributed by atoms with van der Waals surface area (Å²) in [5.41, 5.74) is 1.06. The maximum atomic E-state index is 12.9. The van der Waals surface area contributed by atoms with Crippen molar-refractivity contribution in [3.63, 3.8) is 0 Å². The van der Waals surface area contributed by atoms with E-state index in [2.05, 4.69) is 30.4 Å². The number of benzene rings is 3. The lowest BCUT2D eigenvalue weighted by Gasteiger charge is -2.21. The van der Waals surface area contributed by atoms with Gasteiger partial charge in [-0.15, -0.1) is 26.3 Å². The fourth-order valence-corrected chi connectivity index (χ4v) is 5.07. The largest absolute Gasteiger partial charge is 0.573 e. The van der Waals surface area contributed by atoms with Crippen LogP contribution in [0.4, 0.5) is 53.0 Å². The van der Waals surface area contributed by atoms with Crippen LogP contribution in [0.1, 0.15) is 12.5 Å². The van der Waals surface area contributed by atoms with Crippen molar-refractivity contribution in [2.24, 2.45) is 4.99 Å². The van der Waals surface area contributed by atoms with Gasteiger partial charge in [-0.1, -0.05) is 35.5 Å². The Labute approximate surface area is 266 Å². The van der Waals surface area contributed by atoms with Crippen LogP contribution < -0.4 is 30.3 Å². The van der Waals surface area contributed by atoms with E-state index in [0.29, 0.717) is 12.1 Å². The smallest absolute Gasteiger partial charge is 0.406 e. The minimum atomic E-state index is -5.04. The molecule has 1 heterocycles. The van der Waals surface area contributed by atoms with Gasteiger partial charge in [-0.3, -0.25) is 9.69 Å². The Kier molecular flexibility index (Phi) is 10.6. The lowest BCUT2D eigenvalue weighted by Crippen LogP contribution is -2.35. The lowest BCUT2D eigenvalue weighted by atomic mass is 10.1. The highest BCUT2D eigenvalue weighted by Crippen LogP contribution is 2.38. The molecule has 0 aromatic heterocycles. The second-order valence-electron chi connectivity index (χ2n) is 9.47. The van der Waals surface area contributed by atoms with Crippen molar-refractivity contribution in [1.29, 1.82) is 0 Å². The minimum Gasteiger partial charge on any atom is -0.406 e. The highest BCUT2D eigenvalue weighted by Gasteiger charge is 2.37. The molecule has 1 atom stereocenters. The van der Waals surface area contributed by atoms with E-state index in [-0.39, 0.29) is 27.3 Å². The van der Waals surface area contributed by atoms with Gasteiger partial charge in [0.05, 0.1) is 11.4 Å². The van der Waals surface area contributed by atoms with E-state index in [9.17, 15) is 40.7 Å². The van der Waals surface area contributed by atoms with E-state index in [0.717, 1.165) is 52.6 Å². The normalized spacial score (nSPS) is 15.0. The van der Waals surface area contributed by atoms with Gasteiger partial charge < -0.3 is 25.4 Å². The zero-order valence-corrected chi connectivity index (χ0v) is 24.9. The summed E-state index contributed by atoms with van der Waals surface area (Å²) in [5.74, 6) is -1.94. The molecule has 0 spiro atoms. The molecule has 3 aromatic carbocycles. The quantitative estimate of drug-likeness (QED) is 0.210. The van der Waals surface area contributed by atoms with Crippen molar-refractivity contribution in [2.45, 2.75) is 32.1 Å². The number of ether oxygens (including phenoxy) is 2. The molecule has 0 bridgehead atoms. The van der Waals surface area contributed by atoms with Crippen LogP contribution in [0, 0.1) is 0 Å². The second kappa shape index (κ2) is 14.2. The average molecular weight is 690 g/mol. The van der Waals surface area contributed by atoms with Gasteiger partial charge in [0, 0.05) is 22.4 Å². The van der Waals surface area contributed by atoms with Crippen LogP contribution in [0.5, 0.6) is 11.5 Å². The molecule has 4 rings (SSSR count). The Morgan fingerprint density at radius 2 is 1.52 bits per heavy atom. The Balaban J connectivity index is 1.32. The van der Waals surface area contributed by atoms with E-state index in [1.54, 1.807) is 31.2 Å². The summed E-state index contributed by atoms with van der Waals surface area (Å²) in [5, 5.41) is 7.54. The number of amides is 5. The molecule has 3 N–H and O–H groups in total. The number of thioether (sulfide) groups is 1. The number of nitrogens with one attached hydrogen (secondary N) is 3. The van der Waals surface area contributed by atoms with Crippen LogP contribution in [0.2, 0.25) is 5.02 Å². The molecule has 1 fully saturated rings. The third-order valence-electron chi connectivity index (χ3n) is 5.82. The van der Waals surface area contributed by atoms with Crippen LogP contribution in [0.3, 0.4) is 0 Å². The molecule has 1 saturated heterocycles. The summed E-state index contributed by atoms with van der Waals surface area (Å²) >= 11 is 6.80. The highest BCUT2D eigenvalue weighted by atomic mass is 35.5. The average Bonchev–Trinajstić information content (AvgIpc) is 3.29. The Hall–Kier alpha value is -4.64. The maximum absolute atomic E-state index is 12.9. The van der Waals surface area contributed by atoms with Gasteiger partial charge in [0.25, 0.3) is 0 Å². The van der Waals surface area contributed by atoms with Crippen LogP contribution in [-0.4, -0.2) is 47.7 Å². The zero-order valence-electron chi connectivity index (χ0n) is 23.3. The van der Waals surface area contributed by atoms with Gasteiger partial charge in [-0.05, 0) is 73.5 Å². The molecule has 46 heavy (non-hydrogen) atoms. The standard InChI is InChI=1S/C28H22ClF6N5O5S/c1-15(12-16-2-5-18(6-3-16)37-25(43)38-19-7-9-20(10-8-19)44-27(30,31)32)36-24(42)39-26-40(23(41)14-46-26)21-13-17(29)4-11-22(21)45-28(33,34)35/h2-11,13,15H,12,14H2,1H3,(H,36,42)(H2,37,38,43)/b39-26-. The summed E-state index contributed by atoms with van der Waals surface area (Å²) in [6.07, 6.45) is -9.56. The van der Waals surface area contributed by atoms with Crippen LogP contribution in [-0.2, 0) is 11.2 Å². The number of rotatable bonds is 8. The van der Waals surface area contributed by atoms with E-state index >= 15 is 0 Å². The third kappa shape index (κ3) is 10.2. The summed E-state index contributed by atoms with van der Waals surface area (Å²) in [6.45, 7) is 1.68. The summed E-state index contributed by atoms with van der Waals surface area (Å²) in [6, 6.07) is 12.4. The highest BCUT2D eigenvalue weighted by molar-refractivity contribution is 8.15. The molecule has 3 aromatic rings.